The fourth-order valence-electron chi connectivity index (χ4n) is 1.62. The van der Waals surface area contributed by atoms with Crippen molar-refractivity contribution in [1.82, 2.24) is 10.3 Å². The first-order valence-corrected chi connectivity index (χ1v) is 5.79. The van der Waals surface area contributed by atoms with Crippen LogP contribution in [0.2, 0.25) is 0 Å². The Morgan fingerprint density at radius 3 is 2.81 bits per heavy atom. The van der Waals surface area contributed by atoms with Crippen molar-refractivity contribution in [3.05, 3.63) is 28.5 Å². The van der Waals surface area contributed by atoms with Crippen LogP contribution in [-0.4, -0.2) is 16.4 Å². The lowest BCUT2D eigenvalue weighted by Crippen LogP contribution is -2.52. The Hall–Kier alpha value is -1.41. The lowest BCUT2D eigenvalue weighted by Gasteiger charge is -2.35. The first-order valence-electron chi connectivity index (χ1n) is 4.99. The van der Waals surface area contributed by atoms with Crippen LogP contribution in [0.25, 0.3) is 0 Å². The van der Waals surface area contributed by atoms with E-state index in [1.54, 1.807) is 12.3 Å². The van der Waals surface area contributed by atoms with Crippen molar-refractivity contribution in [2.75, 3.05) is 0 Å². The Morgan fingerprint density at radius 2 is 2.31 bits per heavy atom. The minimum absolute atomic E-state index is 0.241. The quantitative estimate of drug-likeness (QED) is 0.901. The number of pyridine rings is 1. The van der Waals surface area contributed by atoms with Crippen molar-refractivity contribution in [2.24, 2.45) is 0 Å². The summed E-state index contributed by atoms with van der Waals surface area (Å²) in [4.78, 5) is 15.8. The molecule has 1 aromatic rings. The molecule has 1 aliphatic rings. The molecule has 0 atom stereocenters. The molecule has 1 aromatic heterocycles. The maximum atomic E-state index is 11.8. The second-order valence-electron chi connectivity index (χ2n) is 3.89. The zero-order chi connectivity index (χ0) is 11.6. The first-order chi connectivity index (χ1) is 7.65. The van der Waals surface area contributed by atoms with Crippen molar-refractivity contribution >= 4 is 21.8 Å². The lowest BCUT2D eigenvalue weighted by molar-refractivity contribution is 0.0881. The number of hydrogen-bond donors (Lipinski definition) is 1. The van der Waals surface area contributed by atoms with Crippen LogP contribution in [0.15, 0.2) is 22.9 Å². The van der Waals surface area contributed by atoms with Crippen molar-refractivity contribution in [3.63, 3.8) is 0 Å². The molecule has 82 valence electrons. The standard InChI is InChI=1S/C11H10BrN3O/c12-9-4-8(5-14-6-9)10(16)15-11(7-13)2-1-3-11/h4-6H,1-3H2,(H,15,16). The molecular formula is C11H10BrN3O. The predicted molar refractivity (Wildman–Crippen MR) is 61.6 cm³/mol. The topological polar surface area (TPSA) is 65.8 Å². The number of carbonyl (C=O) groups is 1. The van der Waals surface area contributed by atoms with E-state index in [0.29, 0.717) is 5.56 Å². The van der Waals surface area contributed by atoms with Crippen molar-refractivity contribution in [1.29, 1.82) is 5.26 Å². The van der Waals surface area contributed by atoms with E-state index in [0.717, 1.165) is 23.7 Å². The number of hydrogen-bond acceptors (Lipinski definition) is 3. The smallest absolute Gasteiger partial charge is 0.254 e. The fraction of sp³-hybridized carbons (Fsp3) is 0.364. The molecule has 1 heterocycles. The molecule has 1 amide bonds. The van der Waals surface area contributed by atoms with E-state index in [9.17, 15) is 4.79 Å². The summed E-state index contributed by atoms with van der Waals surface area (Å²) in [6.45, 7) is 0. The summed E-state index contributed by atoms with van der Waals surface area (Å²) in [6, 6.07) is 3.85. The SMILES string of the molecule is N#CC1(NC(=O)c2cncc(Br)c2)CCC1. The summed E-state index contributed by atoms with van der Waals surface area (Å²) >= 11 is 3.25. The van der Waals surface area contributed by atoms with E-state index in [1.165, 1.54) is 6.20 Å². The summed E-state index contributed by atoms with van der Waals surface area (Å²) < 4.78 is 0.750. The molecule has 4 nitrogen and oxygen atoms in total. The number of halogens is 1. The van der Waals surface area contributed by atoms with Gasteiger partial charge in [-0.1, -0.05) is 0 Å². The highest BCUT2D eigenvalue weighted by molar-refractivity contribution is 9.10. The summed E-state index contributed by atoms with van der Waals surface area (Å²) in [6.07, 6.45) is 5.56. The lowest BCUT2D eigenvalue weighted by atomic mass is 9.78. The molecule has 0 spiro atoms. The molecule has 1 saturated carbocycles. The normalized spacial score (nSPS) is 17.0. The summed E-state index contributed by atoms with van der Waals surface area (Å²) in [5.74, 6) is -0.241. The fourth-order valence-corrected chi connectivity index (χ4v) is 1.99. The number of nitrogens with one attached hydrogen (secondary N) is 1. The Bertz CT molecular complexity index is 463. The van der Waals surface area contributed by atoms with Gasteiger partial charge in [0.2, 0.25) is 0 Å². The zero-order valence-electron chi connectivity index (χ0n) is 8.53. The highest BCUT2D eigenvalue weighted by Gasteiger charge is 2.38. The predicted octanol–water partition coefficient (Wildman–Crippen LogP) is 2.02. The molecule has 16 heavy (non-hydrogen) atoms. The van der Waals surface area contributed by atoms with E-state index in [-0.39, 0.29) is 5.91 Å². The Morgan fingerprint density at radius 1 is 1.56 bits per heavy atom. The van der Waals surface area contributed by atoms with E-state index in [4.69, 9.17) is 5.26 Å². The molecule has 1 aliphatic carbocycles. The van der Waals surface area contributed by atoms with Crippen molar-refractivity contribution < 1.29 is 4.79 Å². The van der Waals surface area contributed by atoms with Gasteiger partial charge >= 0.3 is 0 Å². The summed E-state index contributed by atoms with van der Waals surface area (Å²) in [5, 5.41) is 11.8. The third kappa shape index (κ3) is 2.07. The molecule has 0 aliphatic heterocycles. The molecule has 1 N–H and O–H groups in total. The van der Waals surface area contributed by atoms with Crippen LogP contribution in [0.5, 0.6) is 0 Å². The van der Waals surface area contributed by atoms with Crippen LogP contribution in [0.3, 0.4) is 0 Å². The molecule has 2 rings (SSSR count). The van der Waals surface area contributed by atoms with Gasteiger partial charge in [0.1, 0.15) is 5.54 Å². The van der Waals surface area contributed by atoms with E-state index < -0.39 is 5.54 Å². The zero-order valence-corrected chi connectivity index (χ0v) is 10.1. The van der Waals surface area contributed by atoms with E-state index >= 15 is 0 Å². The molecule has 0 aromatic carbocycles. The summed E-state index contributed by atoms with van der Waals surface area (Å²) in [7, 11) is 0. The third-order valence-electron chi connectivity index (χ3n) is 2.74. The van der Waals surface area contributed by atoms with Gasteiger partial charge in [-0.15, -0.1) is 0 Å². The Kier molecular flexibility index (Phi) is 2.92. The number of rotatable bonds is 2. The average molecular weight is 280 g/mol. The maximum absolute atomic E-state index is 11.8. The van der Waals surface area contributed by atoms with Crippen LogP contribution in [-0.2, 0) is 0 Å². The Labute approximate surface area is 102 Å². The van der Waals surface area contributed by atoms with Gasteiger partial charge in [0.25, 0.3) is 5.91 Å². The number of nitriles is 1. The van der Waals surface area contributed by atoms with E-state index in [1.807, 2.05) is 0 Å². The molecular weight excluding hydrogens is 270 g/mol. The monoisotopic (exact) mass is 279 g/mol. The van der Waals surface area contributed by atoms with Gasteiger partial charge in [0.05, 0.1) is 11.6 Å². The average Bonchev–Trinajstić information content (AvgIpc) is 2.23. The van der Waals surface area contributed by atoms with Gasteiger partial charge < -0.3 is 5.32 Å². The van der Waals surface area contributed by atoms with Gasteiger partial charge in [-0.3, -0.25) is 9.78 Å². The number of aromatic nitrogens is 1. The van der Waals surface area contributed by atoms with Gasteiger partial charge in [0, 0.05) is 16.9 Å². The van der Waals surface area contributed by atoms with Crippen molar-refractivity contribution in [2.45, 2.75) is 24.8 Å². The number of carbonyl (C=O) groups excluding carboxylic acids is 1. The third-order valence-corrected chi connectivity index (χ3v) is 3.17. The molecule has 0 saturated heterocycles. The maximum Gasteiger partial charge on any atom is 0.254 e. The highest BCUT2D eigenvalue weighted by atomic mass is 79.9. The molecule has 5 heteroatoms. The van der Waals surface area contributed by atoms with Crippen LogP contribution < -0.4 is 5.32 Å². The van der Waals surface area contributed by atoms with Crippen molar-refractivity contribution in [3.8, 4) is 6.07 Å². The van der Waals surface area contributed by atoms with Gasteiger partial charge in [-0.25, -0.2) is 0 Å². The molecule has 0 unspecified atom stereocenters. The van der Waals surface area contributed by atoms with Crippen LogP contribution >= 0.6 is 15.9 Å². The summed E-state index contributed by atoms with van der Waals surface area (Å²) in [5.41, 5.74) is -0.185. The van der Waals surface area contributed by atoms with Gasteiger partial charge in [-0.2, -0.15) is 5.26 Å². The molecule has 0 radical (unpaired) electrons. The van der Waals surface area contributed by atoms with Crippen LogP contribution in [0.1, 0.15) is 29.6 Å². The van der Waals surface area contributed by atoms with Gasteiger partial charge in [-0.05, 0) is 41.3 Å². The second-order valence-corrected chi connectivity index (χ2v) is 4.81. The largest absolute Gasteiger partial charge is 0.334 e. The Balaban J connectivity index is 2.12. The minimum atomic E-state index is -0.653. The number of nitrogens with zero attached hydrogens (tertiary/aromatic N) is 2. The number of amides is 1. The highest BCUT2D eigenvalue weighted by Crippen LogP contribution is 2.31. The minimum Gasteiger partial charge on any atom is -0.334 e. The van der Waals surface area contributed by atoms with Crippen LogP contribution in [0.4, 0.5) is 0 Å². The molecule has 1 fully saturated rings. The molecule has 0 bridgehead atoms. The second kappa shape index (κ2) is 4.22. The van der Waals surface area contributed by atoms with Crippen LogP contribution in [0, 0.1) is 11.3 Å². The van der Waals surface area contributed by atoms with Gasteiger partial charge in [0.15, 0.2) is 0 Å². The first kappa shape index (κ1) is 11.1. The van der Waals surface area contributed by atoms with E-state index in [2.05, 4.69) is 32.3 Å².